The SMILES string of the molecule is C[C@@H](Nc1c(Nc2cccc(C(=O)N(C)C)c2O)c(=O)c1=O)C(=O)N[C@H](C)c1ccccc1. The van der Waals surface area contributed by atoms with Crippen molar-refractivity contribution in [3.63, 3.8) is 0 Å². The van der Waals surface area contributed by atoms with Crippen molar-refractivity contribution in [1.29, 1.82) is 0 Å². The molecule has 3 aromatic rings. The molecule has 0 spiro atoms. The second-order valence-electron chi connectivity index (χ2n) is 7.94. The number of amides is 2. The maximum atomic E-state index is 12.6. The first-order valence-corrected chi connectivity index (χ1v) is 10.4. The van der Waals surface area contributed by atoms with Crippen LogP contribution in [0.25, 0.3) is 0 Å². The van der Waals surface area contributed by atoms with Gasteiger partial charge in [0.2, 0.25) is 5.91 Å². The number of carbonyl (C=O) groups excluding carboxylic acids is 2. The first-order valence-electron chi connectivity index (χ1n) is 10.4. The Morgan fingerprint density at radius 2 is 1.55 bits per heavy atom. The fraction of sp³-hybridized carbons (Fsp3) is 0.250. The number of rotatable bonds is 8. The number of carbonyl (C=O) groups is 2. The van der Waals surface area contributed by atoms with Crippen molar-refractivity contribution in [2.24, 2.45) is 0 Å². The fourth-order valence-corrected chi connectivity index (χ4v) is 3.29. The van der Waals surface area contributed by atoms with Crippen LogP contribution in [0.4, 0.5) is 17.1 Å². The van der Waals surface area contributed by atoms with Gasteiger partial charge in [-0.3, -0.25) is 19.2 Å². The van der Waals surface area contributed by atoms with Crippen LogP contribution in [0.15, 0.2) is 58.1 Å². The van der Waals surface area contributed by atoms with Gasteiger partial charge in [0.1, 0.15) is 17.4 Å². The fourth-order valence-electron chi connectivity index (χ4n) is 3.29. The lowest BCUT2D eigenvalue weighted by Gasteiger charge is -2.22. The zero-order chi connectivity index (χ0) is 24.3. The van der Waals surface area contributed by atoms with E-state index in [-0.39, 0.29) is 40.3 Å². The molecule has 0 bridgehead atoms. The van der Waals surface area contributed by atoms with Gasteiger partial charge in [-0.1, -0.05) is 36.4 Å². The van der Waals surface area contributed by atoms with Crippen LogP contribution in [0.5, 0.6) is 5.75 Å². The van der Waals surface area contributed by atoms with E-state index in [0.29, 0.717) is 0 Å². The molecule has 0 saturated heterocycles. The minimum atomic E-state index is -0.810. The molecule has 3 rings (SSSR count). The summed E-state index contributed by atoms with van der Waals surface area (Å²) in [4.78, 5) is 50.4. The van der Waals surface area contributed by atoms with Gasteiger partial charge in [0.15, 0.2) is 5.75 Å². The van der Waals surface area contributed by atoms with Crippen LogP contribution in [0.3, 0.4) is 0 Å². The third-order valence-corrected chi connectivity index (χ3v) is 5.26. The highest BCUT2D eigenvalue weighted by Gasteiger charge is 2.26. The Hall–Kier alpha value is -4.14. The van der Waals surface area contributed by atoms with Crippen LogP contribution < -0.4 is 26.8 Å². The van der Waals surface area contributed by atoms with E-state index in [9.17, 15) is 24.3 Å². The molecule has 2 atom stereocenters. The Morgan fingerprint density at radius 1 is 0.909 bits per heavy atom. The van der Waals surface area contributed by atoms with Crippen molar-refractivity contribution in [2.75, 3.05) is 24.7 Å². The summed E-state index contributed by atoms with van der Waals surface area (Å²) in [7, 11) is 3.09. The second kappa shape index (κ2) is 9.56. The van der Waals surface area contributed by atoms with Crippen molar-refractivity contribution in [1.82, 2.24) is 10.2 Å². The number of benzene rings is 2. The highest BCUT2D eigenvalue weighted by molar-refractivity contribution is 5.99. The van der Waals surface area contributed by atoms with Gasteiger partial charge in [0.05, 0.1) is 17.3 Å². The number of hydrogen-bond donors (Lipinski definition) is 4. The Bertz CT molecular complexity index is 1250. The molecule has 0 aliphatic carbocycles. The third-order valence-electron chi connectivity index (χ3n) is 5.26. The standard InChI is InChI=1S/C24H26N4O5/c1-13(15-9-6-5-7-10-15)26-23(32)14(2)25-18-19(22(31)21(18)30)27-17-12-8-11-16(20(17)29)24(33)28(3)4/h5-14,25,27,29H,1-4H3,(H,26,32)/t13-,14-/m1/s1. The number of nitrogens with zero attached hydrogens (tertiary/aromatic N) is 1. The maximum Gasteiger partial charge on any atom is 0.257 e. The van der Waals surface area contributed by atoms with Crippen molar-refractivity contribution in [3.8, 4) is 5.75 Å². The van der Waals surface area contributed by atoms with E-state index in [1.54, 1.807) is 27.1 Å². The molecular weight excluding hydrogens is 424 g/mol. The summed E-state index contributed by atoms with van der Waals surface area (Å²) < 4.78 is 0. The first-order chi connectivity index (χ1) is 15.6. The molecule has 33 heavy (non-hydrogen) atoms. The van der Waals surface area contributed by atoms with E-state index >= 15 is 0 Å². The summed E-state index contributed by atoms with van der Waals surface area (Å²) in [6, 6.07) is 12.8. The summed E-state index contributed by atoms with van der Waals surface area (Å²) >= 11 is 0. The number of para-hydroxylation sites is 1. The molecule has 0 saturated carbocycles. The minimum Gasteiger partial charge on any atom is -0.505 e. The lowest BCUT2D eigenvalue weighted by molar-refractivity contribution is -0.122. The maximum absolute atomic E-state index is 12.6. The highest BCUT2D eigenvalue weighted by Crippen LogP contribution is 2.32. The van der Waals surface area contributed by atoms with Crippen LogP contribution in [-0.4, -0.2) is 42.0 Å². The third kappa shape index (κ3) is 4.87. The van der Waals surface area contributed by atoms with Crippen molar-refractivity contribution >= 4 is 28.9 Å². The highest BCUT2D eigenvalue weighted by atomic mass is 16.3. The molecule has 0 heterocycles. The van der Waals surface area contributed by atoms with Crippen molar-refractivity contribution in [3.05, 3.63) is 80.1 Å². The molecule has 0 aliphatic rings. The largest absolute Gasteiger partial charge is 0.505 e. The van der Waals surface area contributed by atoms with Gasteiger partial charge in [-0.2, -0.15) is 0 Å². The molecule has 2 amide bonds. The second-order valence-corrected chi connectivity index (χ2v) is 7.94. The number of aromatic hydroxyl groups is 1. The lowest BCUT2D eigenvalue weighted by Crippen LogP contribution is -2.44. The predicted octanol–water partition coefficient (Wildman–Crippen LogP) is 2.11. The molecule has 0 aromatic heterocycles. The zero-order valence-corrected chi connectivity index (χ0v) is 18.8. The lowest BCUT2D eigenvalue weighted by atomic mass is 10.1. The molecule has 9 nitrogen and oxygen atoms in total. The first kappa shape index (κ1) is 23.5. The van der Waals surface area contributed by atoms with Crippen LogP contribution in [-0.2, 0) is 4.79 Å². The molecular formula is C24H26N4O5. The predicted molar refractivity (Wildman–Crippen MR) is 127 cm³/mol. The Morgan fingerprint density at radius 3 is 2.18 bits per heavy atom. The van der Waals surface area contributed by atoms with Crippen LogP contribution in [0.1, 0.15) is 35.8 Å². The Kier molecular flexibility index (Phi) is 6.81. The number of anilines is 3. The number of phenols is 1. The number of phenolic OH excluding ortho intramolecular Hbond substituents is 1. The quantitative estimate of drug-likeness (QED) is 0.306. The summed E-state index contributed by atoms with van der Waals surface area (Å²) in [6.07, 6.45) is 0. The summed E-state index contributed by atoms with van der Waals surface area (Å²) in [5, 5.41) is 18.8. The van der Waals surface area contributed by atoms with Crippen LogP contribution in [0, 0.1) is 0 Å². The van der Waals surface area contributed by atoms with Crippen LogP contribution >= 0.6 is 0 Å². The molecule has 0 radical (unpaired) electrons. The summed E-state index contributed by atoms with van der Waals surface area (Å²) in [5.74, 6) is -1.12. The van der Waals surface area contributed by atoms with Gasteiger partial charge in [-0.05, 0) is 31.5 Å². The van der Waals surface area contributed by atoms with E-state index in [2.05, 4.69) is 16.0 Å². The van der Waals surface area contributed by atoms with Crippen molar-refractivity contribution in [2.45, 2.75) is 25.9 Å². The molecule has 9 heteroatoms. The molecule has 172 valence electrons. The summed E-state index contributed by atoms with van der Waals surface area (Å²) in [6.45, 7) is 3.41. The normalized spacial score (nSPS) is 12.6. The van der Waals surface area contributed by atoms with E-state index in [0.717, 1.165) is 5.56 Å². The van der Waals surface area contributed by atoms with Crippen molar-refractivity contribution < 1.29 is 14.7 Å². The van der Waals surface area contributed by atoms with Crippen LogP contribution in [0.2, 0.25) is 0 Å². The van der Waals surface area contributed by atoms with E-state index < -0.39 is 22.8 Å². The van der Waals surface area contributed by atoms with Gasteiger partial charge in [-0.25, -0.2) is 0 Å². The number of nitrogens with one attached hydrogen (secondary N) is 3. The Labute approximate surface area is 190 Å². The average Bonchev–Trinajstić information content (AvgIpc) is 2.81. The molecule has 4 N–H and O–H groups in total. The van der Waals surface area contributed by atoms with Gasteiger partial charge in [0.25, 0.3) is 16.8 Å². The molecule has 0 fully saturated rings. The molecule has 0 aliphatic heterocycles. The van der Waals surface area contributed by atoms with Gasteiger partial charge in [0, 0.05) is 14.1 Å². The smallest absolute Gasteiger partial charge is 0.257 e. The zero-order valence-electron chi connectivity index (χ0n) is 18.8. The van der Waals surface area contributed by atoms with E-state index in [1.165, 1.54) is 17.0 Å². The Balaban J connectivity index is 1.75. The monoisotopic (exact) mass is 450 g/mol. The molecule has 0 unspecified atom stereocenters. The summed E-state index contributed by atoms with van der Waals surface area (Å²) in [5.41, 5.74) is -0.635. The van der Waals surface area contributed by atoms with Gasteiger partial charge < -0.3 is 26.0 Å². The van der Waals surface area contributed by atoms with Gasteiger partial charge >= 0.3 is 0 Å². The van der Waals surface area contributed by atoms with E-state index in [4.69, 9.17) is 0 Å². The van der Waals surface area contributed by atoms with E-state index in [1.807, 2.05) is 37.3 Å². The minimum absolute atomic E-state index is 0.0425. The average molecular weight is 450 g/mol. The van der Waals surface area contributed by atoms with Gasteiger partial charge in [-0.15, -0.1) is 0 Å². The number of hydrogen-bond acceptors (Lipinski definition) is 7. The topological polar surface area (TPSA) is 128 Å². The molecule has 3 aromatic carbocycles.